The molecular weight excluding hydrogens is 445 g/mol. The SMILES string of the molecule is [Se]=C(CC1CS1)c1c[se]cc1C(=[Se])CC1CS1. The molecule has 0 radical (unpaired) electrons. The molecule has 0 aromatic carbocycles. The summed E-state index contributed by atoms with van der Waals surface area (Å²) in [6, 6.07) is 0. The van der Waals surface area contributed by atoms with Gasteiger partial charge in [0.25, 0.3) is 0 Å². The summed E-state index contributed by atoms with van der Waals surface area (Å²) in [7, 11) is 0. The monoisotopic (exact) mass is 460 g/mol. The van der Waals surface area contributed by atoms with Gasteiger partial charge in [-0.05, 0) is 0 Å². The quantitative estimate of drug-likeness (QED) is 0.465. The van der Waals surface area contributed by atoms with Gasteiger partial charge in [0, 0.05) is 0 Å². The molecule has 3 heterocycles. The van der Waals surface area contributed by atoms with Crippen LogP contribution in [0.25, 0.3) is 0 Å². The molecule has 90 valence electrons. The van der Waals surface area contributed by atoms with Gasteiger partial charge in [-0.1, -0.05) is 0 Å². The second-order valence-corrected chi connectivity index (χ2v) is 10.7. The first-order valence-electron chi connectivity index (χ1n) is 5.60. The molecule has 3 rings (SSSR count). The van der Waals surface area contributed by atoms with E-state index in [0.29, 0.717) is 14.5 Å². The van der Waals surface area contributed by atoms with E-state index in [1.807, 2.05) is 0 Å². The average Bonchev–Trinajstić information content (AvgIpc) is 3.21. The first kappa shape index (κ1) is 13.5. The van der Waals surface area contributed by atoms with Crippen molar-refractivity contribution in [3.05, 3.63) is 21.0 Å². The molecule has 2 fully saturated rings. The molecule has 1 aromatic heterocycles. The molecule has 0 aliphatic carbocycles. The Labute approximate surface area is 133 Å². The van der Waals surface area contributed by atoms with Gasteiger partial charge in [-0.3, -0.25) is 0 Å². The van der Waals surface area contributed by atoms with Crippen LogP contribution in [0.1, 0.15) is 24.0 Å². The van der Waals surface area contributed by atoms with Crippen molar-refractivity contribution in [3.8, 4) is 0 Å². The van der Waals surface area contributed by atoms with E-state index in [4.69, 9.17) is 0 Å². The van der Waals surface area contributed by atoms with Gasteiger partial charge >= 0.3 is 134 Å². The van der Waals surface area contributed by atoms with E-state index in [2.05, 4.69) is 64.6 Å². The van der Waals surface area contributed by atoms with Crippen LogP contribution >= 0.6 is 23.5 Å². The van der Waals surface area contributed by atoms with Crippen LogP contribution in [-0.4, -0.2) is 76.5 Å². The topological polar surface area (TPSA) is 0 Å². The third kappa shape index (κ3) is 3.74. The van der Waals surface area contributed by atoms with Crippen molar-refractivity contribution in [1.29, 1.82) is 0 Å². The fourth-order valence-corrected chi connectivity index (χ4v) is 7.44. The molecule has 2 aliphatic rings. The first-order chi connectivity index (χ1) is 8.24. The summed E-state index contributed by atoms with van der Waals surface area (Å²) in [5, 5.41) is 1.79. The van der Waals surface area contributed by atoms with Crippen molar-refractivity contribution in [2.75, 3.05) is 11.5 Å². The standard InChI is InChI=1S/C12H12S2Se3/c15-11(1-7-3-13-7)9-5-17-6-10(9)12(16)2-8-4-14-8/h5-8H,1-4H2. The van der Waals surface area contributed by atoms with Gasteiger partial charge in [0.1, 0.15) is 0 Å². The maximum absolute atomic E-state index is 3.32. The molecule has 2 aliphatic heterocycles. The van der Waals surface area contributed by atoms with Gasteiger partial charge in [0.15, 0.2) is 0 Å². The van der Waals surface area contributed by atoms with Gasteiger partial charge in [0.2, 0.25) is 0 Å². The van der Waals surface area contributed by atoms with Gasteiger partial charge in [0.05, 0.1) is 0 Å². The zero-order valence-corrected chi connectivity index (χ0v) is 16.0. The predicted octanol–water partition coefficient (Wildman–Crippen LogP) is 1.13. The Bertz CT molecular complexity index is 418. The minimum absolute atomic E-state index is 0.572. The first-order valence-corrected chi connectivity index (χ1v) is 11.4. The van der Waals surface area contributed by atoms with E-state index < -0.39 is 0 Å². The van der Waals surface area contributed by atoms with E-state index in [1.165, 1.54) is 44.3 Å². The van der Waals surface area contributed by atoms with Crippen LogP contribution in [0, 0.1) is 0 Å². The molecule has 0 saturated carbocycles. The van der Waals surface area contributed by atoms with Gasteiger partial charge in [-0.25, -0.2) is 0 Å². The predicted molar refractivity (Wildman–Crippen MR) is 84.8 cm³/mol. The Balaban J connectivity index is 1.72. The second-order valence-electron chi connectivity index (χ2n) is 4.36. The van der Waals surface area contributed by atoms with Crippen LogP contribution in [0.3, 0.4) is 0 Å². The minimum atomic E-state index is 0.572. The zero-order chi connectivity index (χ0) is 11.8. The second kappa shape index (κ2) is 5.85. The molecule has 2 atom stereocenters. The van der Waals surface area contributed by atoms with Crippen molar-refractivity contribution >= 4 is 78.0 Å². The van der Waals surface area contributed by atoms with Crippen LogP contribution < -0.4 is 0 Å². The Morgan fingerprint density at radius 3 is 1.82 bits per heavy atom. The molecule has 0 bridgehead atoms. The Kier molecular flexibility index (Phi) is 4.63. The summed E-state index contributed by atoms with van der Waals surface area (Å²) >= 11 is 11.4. The van der Waals surface area contributed by atoms with Gasteiger partial charge in [-0.15, -0.1) is 0 Å². The molecule has 5 heteroatoms. The number of hydrogen-bond acceptors (Lipinski definition) is 2. The summed E-state index contributed by atoms with van der Waals surface area (Å²) in [4.78, 5) is 4.89. The number of rotatable bonds is 6. The Morgan fingerprint density at radius 2 is 1.47 bits per heavy atom. The number of thioether (sulfide) groups is 2. The third-order valence-electron chi connectivity index (χ3n) is 2.89. The summed E-state index contributed by atoms with van der Waals surface area (Å²) in [6.45, 7) is 0. The van der Waals surface area contributed by atoms with E-state index in [9.17, 15) is 0 Å². The fourth-order valence-electron chi connectivity index (χ4n) is 1.73. The molecule has 0 N–H and O–H groups in total. The van der Waals surface area contributed by atoms with E-state index in [0.717, 1.165) is 10.5 Å². The van der Waals surface area contributed by atoms with Crippen molar-refractivity contribution in [1.82, 2.24) is 0 Å². The van der Waals surface area contributed by atoms with Crippen LogP contribution in [-0.2, 0) is 0 Å². The molecule has 2 unspecified atom stereocenters. The van der Waals surface area contributed by atoms with Crippen LogP contribution in [0.4, 0.5) is 0 Å². The van der Waals surface area contributed by atoms with Crippen molar-refractivity contribution in [3.63, 3.8) is 0 Å². The van der Waals surface area contributed by atoms with Crippen molar-refractivity contribution in [2.24, 2.45) is 0 Å². The summed E-state index contributed by atoms with van der Waals surface area (Å²) in [5.74, 6) is 2.71. The Morgan fingerprint density at radius 1 is 1.06 bits per heavy atom. The van der Waals surface area contributed by atoms with E-state index in [1.54, 1.807) is 0 Å². The Hall–Kier alpha value is 1.48. The molecule has 2 saturated heterocycles. The average molecular weight is 457 g/mol. The third-order valence-corrected chi connectivity index (χ3v) is 8.02. The van der Waals surface area contributed by atoms with Crippen molar-refractivity contribution < 1.29 is 0 Å². The summed E-state index contributed by atoms with van der Waals surface area (Å²) in [6.07, 6.45) is 2.49. The molecule has 0 nitrogen and oxygen atoms in total. The van der Waals surface area contributed by atoms with Crippen molar-refractivity contribution in [2.45, 2.75) is 23.3 Å². The van der Waals surface area contributed by atoms with Crippen LogP contribution in [0.15, 0.2) is 9.88 Å². The van der Waals surface area contributed by atoms with E-state index >= 15 is 0 Å². The molecule has 17 heavy (non-hydrogen) atoms. The van der Waals surface area contributed by atoms with Crippen LogP contribution in [0.2, 0.25) is 0 Å². The van der Waals surface area contributed by atoms with Gasteiger partial charge < -0.3 is 0 Å². The zero-order valence-electron chi connectivity index (χ0n) is 9.18. The molecular formula is C12H12S2Se3. The molecule has 0 amide bonds. The summed E-state index contributed by atoms with van der Waals surface area (Å²) in [5.41, 5.74) is 3.02. The number of hydrogen-bond donors (Lipinski definition) is 0. The maximum atomic E-state index is 3.32. The van der Waals surface area contributed by atoms with Gasteiger partial charge in [-0.2, -0.15) is 0 Å². The molecule has 0 spiro atoms. The van der Waals surface area contributed by atoms with E-state index in [-0.39, 0.29) is 0 Å². The fraction of sp³-hybridized carbons (Fsp3) is 0.500. The normalized spacial score (nSPS) is 25.6. The summed E-state index contributed by atoms with van der Waals surface area (Å²) < 4.78 is 2.98. The van der Waals surface area contributed by atoms with Crippen LogP contribution in [0.5, 0.6) is 0 Å². The molecule has 1 aromatic rings.